The average Bonchev–Trinajstić information content (AvgIpc) is 2.70. The van der Waals surface area contributed by atoms with Crippen LogP contribution < -0.4 is 10.5 Å². The maximum atomic E-state index is 5.82. The van der Waals surface area contributed by atoms with Crippen molar-refractivity contribution in [3.8, 4) is 5.75 Å². The number of benzene rings is 1. The molecule has 0 spiro atoms. The Morgan fingerprint density at radius 3 is 2.78 bits per heavy atom. The minimum absolute atomic E-state index is 0.570. The van der Waals surface area contributed by atoms with Crippen LogP contribution in [0.25, 0.3) is 12.2 Å². The second-order valence-corrected chi connectivity index (χ2v) is 3.84. The van der Waals surface area contributed by atoms with Gasteiger partial charge < -0.3 is 15.0 Å². The molecule has 2 N–H and O–H groups in total. The molecule has 1 heterocycles. The van der Waals surface area contributed by atoms with Crippen molar-refractivity contribution >= 4 is 17.8 Å². The van der Waals surface area contributed by atoms with Crippen LogP contribution >= 0.6 is 0 Å². The summed E-state index contributed by atoms with van der Waals surface area (Å²) in [5, 5.41) is 3.88. The number of aromatic nitrogens is 1. The zero-order valence-electron chi connectivity index (χ0n) is 10.5. The molecule has 0 aliphatic rings. The van der Waals surface area contributed by atoms with Crippen LogP contribution in [-0.2, 0) is 0 Å². The summed E-state index contributed by atoms with van der Waals surface area (Å²) >= 11 is 0. The number of para-hydroxylation sites is 1. The molecule has 0 radical (unpaired) electrons. The zero-order chi connectivity index (χ0) is 13.0. The Morgan fingerprint density at radius 2 is 2.11 bits per heavy atom. The second-order valence-electron chi connectivity index (χ2n) is 3.84. The third-order valence-corrected chi connectivity index (χ3v) is 2.58. The minimum atomic E-state index is 0.570. The van der Waals surface area contributed by atoms with Crippen molar-refractivity contribution in [1.82, 2.24) is 5.16 Å². The highest BCUT2D eigenvalue weighted by molar-refractivity contribution is 5.75. The molecule has 0 saturated heterocycles. The van der Waals surface area contributed by atoms with Gasteiger partial charge in [-0.2, -0.15) is 0 Å². The fourth-order valence-electron chi connectivity index (χ4n) is 1.59. The van der Waals surface area contributed by atoms with Gasteiger partial charge in [-0.25, -0.2) is 0 Å². The summed E-state index contributed by atoms with van der Waals surface area (Å²) in [4.78, 5) is 0. The molecule has 0 aliphatic carbocycles. The summed E-state index contributed by atoms with van der Waals surface area (Å²) in [6.45, 7) is 4.38. The Morgan fingerprint density at radius 1 is 1.33 bits per heavy atom. The van der Waals surface area contributed by atoms with Crippen LogP contribution in [0.2, 0.25) is 0 Å². The Hall–Kier alpha value is -2.23. The van der Waals surface area contributed by atoms with Gasteiger partial charge in [0.05, 0.1) is 6.61 Å². The maximum Gasteiger partial charge on any atom is 0.157 e. The monoisotopic (exact) mass is 244 g/mol. The van der Waals surface area contributed by atoms with Gasteiger partial charge in [0.2, 0.25) is 0 Å². The first-order valence-corrected chi connectivity index (χ1v) is 5.84. The predicted molar refractivity (Wildman–Crippen MR) is 72.2 cm³/mol. The lowest BCUT2D eigenvalue weighted by Crippen LogP contribution is -1.93. The van der Waals surface area contributed by atoms with Crippen LogP contribution in [0.3, 0.4) is 0 Å². The van der Waals surface area contributed by atoms with E-state index in [1.54, 1.807) is 6.92 Å². The van der Waals surface area contributed by atoms with E-state index in [9.17, 15) is 0 Å². The SMILES string of the molecule is CCOc1ccccc1/C=C/c1noc(C)c1N. The highest BCUT2D eigenvalue weighted by atomic mass is 16.5. The van der Waals surface area contributed by atoms with Gasteiger partial charge >= 0.3 is 0 Å². The van der Waals surface area contributed by atoms with Gasteiger partial charge in [0.15, 0.2) is 5.76 Å². The lowest BCUT2D eigenvalue weighted by atomic mass is 10.1. The highest BCUT2D eigenvalue weighted by Crippen LogP contribution is 2.22. The van der Waals surface area contributed by atoms with Crippen LogP contribution in [0.4, 0.5) is 5.69 Å². The second kappa shape index (κ2) is 5.40. The summed E-state index contributed by atoms with van der Waals surface area (Å²) < 4.78 is 10.5. The molecule has 0 saturated carbocycles. The number of nitrogens with zero attached hydrogens (tertiary/aromatic N) is 1. The number of rotatable bonds is 4. The molecule has 0 fully saturated rings. The first-order chi connectivity index (χ1) is 8.72. The van der Waals surface area contributed by atoms with E-state index in [2.05, 4.69) is 5.16 Å². The molecule has 4 heteroatoms. The fraction of sp³-hybridized carbons (Fsp3) is 0.214. The van der Waals surface area contributed by atoms with E-state index in [0.717, 1.165) is 11.3 Å². The molecule has 1 aromatic heterocycles. The molecule has 1 aromatic carbocycles. The van der Waals surface area contributed by atoms with E-state index < -0.39 is 0 Å². The number of anilines is 1. The van der Waals surface area contributed by atoms with E-state index in [0.29, 0.717) is 23.7 Å². The first-order valence-electron chi connectivity index (χ1n) is 5.84. The van der Waals surface area contributed by atoms with Gasteiger partial charge in [-0.3, -0.25) is 0 Å². The van der Waals surface area contributed by atoms with Crippen molar-refractivity contribution in [3.63, 3.8) is 0 Å². The van der Waals surface area contributed by atoms with Gasteiger partial charge in [0, 0.05) is 5.56 Å². The first kappa shape index (κ1) is 12.2. The van der Waals surface area contributed by atoms with E-state index in [4.69, 9.17) is 15.0 Å². The number of hydrogen-bond acceptors (Lipinski definition) is 4. The van der Waals surface area contributed by atoms with Crippen LogP contribution in [0.1, 0.15) is 23.9 Å². The number of ether oxygens (including phenoxy) is 1. The molecule has 0 amide bonds. The molecule has 94 valence electrons. The van der Waals surface area contributed by atoms with Gasteiger partial charge in [0.25, 0.3) is 0 Å². The standard InChI is InChI=1S/C14H16N2O2/c1-3-17-13-7-5-4-6-11(13)8-9-12-14(15)10(2)18-16-12/h4-9H,3,15H2,1-2H3/b9-8+. The summed E-state index contributed by atoms with van der Waals surface area (Å²) in [5.41, 5.74) is 8.02. The summed E-state index contributed by atoms with van der Waals surface area (Å²) in [5.74, 6) is 1.47. The molecule has 0 unspecified atom stereocenters. The van der Waals surface area contributed by atoms with Crippen LogP contribution in [0.5, 0.6) is 5.75 Å². The maximum absolute atomic E-state index is 5.82. The van der Waals surface area contributed by atoms with Crippen LogP contribution in [0.15, 0.2) is 28.8 Å². The van der Waals surface area contributed by atoms with Crippen LogP contribution in [-0.4, -0.2) is 11.8 Å². The average molecular weight is 244 g/mol. The largest absolute Gasteiger partial charge is 0.493 e. The van der Waals surface area contributed by atoms with Crippen molar-refractivity contribution < 1.29 is 9.26 Å². The predicted octanol–water partition coefficient (Wildman–Crippen LogP) is 3.13. The molecule has 0 aliphatic heterocycles. The zero-order valence-corrected chi connectivity index (χ0v) is 10.5. The van der Waals surface area contributed by atoms with Crippen molar-refractivity contribution in [2.45, 2.75) is 13.8 Å². The molecule has 2 aromatic rings. The lowest BCUT2D eigenvalue weighted by Gasteiger charge is -2.05. The third kappa shape index (κ3) is 2.53. The number of aryl methyl sites for hydroxylation is 1. The summed E-state index contributed by atoms with van der Waals surface area (Å²) in [7, 11) is 0. The topological polar surface area (TPSA) is 61.3 Å². The van der Waals surface area contributed by atoms with Gasteiger partial charge in [-0.1, -0.05) is 23.4 Å². The number of nitrogens with two attached hydrogens (primary N) is 1. The van der Waals surface area contributed by atoms with Gasteiger partial charge in [-0.15, -0.1) is 0 Å². The quantitative estimate of drug-likeness (QED) is 0.897. The minimum Gasteiger partial charge on any atom is -0.493 e. The number of nitrogen functional groups attached to an aromatic ring is 1. The third-order valence-electron chi connectivity index (χ3n) is 2.58. The van der Waals surface area contributed by atoms with Crippen molar-refractivity contribution in [3.05, 3.63) is 41.3 Å². The van der Waals surface area contributed by atoms with Crippen molar-refractivity contribution in [2.24, 2.45) is 0 Å². The molecular formula is C14H16N2O2. The van der Waals surface area contributed by atoms with Gasteiger partial charge in [-0.05, 0) is 32.1 Å². The Labute approximate surface area is 106 Å². The van der Waals surface area contributed by atoms with Crippen LogP contribution in [0, 0.1) is 6.92 Å². The Bertz CT molecular complexity index is 559. The molecular weight excluding hydrogens is 228 g/mol. The molecule has 18 heavy (non-hydrogen) atoms. The van der Waals surface area contributed by atoms with Gasteiger partial charge in [0.1, 0.15) is 17.1 Å². The lowest BCUT2D eigenvalue weighted by molar-refractivity contribution is 0.339. The molecule has 0 atom stereocenters. The Balaban J connectivity index is 2.26. The molecule has 0 bridgehead atoms. The van der Waals surface area contributed by atoms with E-state index >= 15 is 0 Å². The van der Waals surface area contributed by atoms with E-state index in [-0.39, 0.29) is 0 Å². The number of hydrogen-bond donors (Lipinski definition) is 1. The normalized spacial score (nSPS) is 11.0. The highest BCUT2D eigenvalue weighted by Gasteiger charge is 2.05. The fourth-order valence-corrected chi connectivity index (χ4v) is 1.59. The van der Waals surface area contributed by atoms with E-state index in [1.807, 2.05) is 43.3 Å². The van der Waals surface area contributed by atoms with E-state index in [1.165, 1.54) is 0 Å². The summed E-state index contributed by atoms with van der Waals surface area (Å²) in [6, 6.07) is 7.81. The Kier molecular flexibility index (Phi) is 3.67. The molecule has 4 nitrogen and oxygen atoms in total. The smallest absolute Gasteiger partial charge is 0.157 e. The van der Waals surface area contributed by atoms with Crippen molar-refractivity contribution in [1.29, 1.82) is 0 Å². The summed E-state index contributed by atoms with van der Waals surface area (Å²) in [6.07, 6.45) is 3.74. The molecule has 2 rings (SSSR count). The van der Waals surface area contributed by atoms with Crippen molar-refractivity contribution in [2.75, 3.05) is 12.3 Å².